The Morgan fingerprint density at radius 3 is 2.24 bits per heavy atom. The van der Waals surface area contributed by atoms with Crippen LogP contribution in [0, 0.1) is 0 Å². The summed E-state index contributed by atoms with van der Waals surface area (Å²) in [4.78, 5) is 12.3. The number of carbonyl (C=O) groups is 1. The van der Waals surface area contributed by atoms with E-state index in [1.807, 2.05) is 31.2 Å². The average molecular weight is 619 g/mol. The molecule has 1 aliphatic rings. The summed E-state index contributed by atoms with van der Waals surface area (Å²) in [7, 11) is 0. The Bertz CT molecular complexity index is 1590. The highest BCUT2D eigenvalue weighted by Gasteiger charge is 2.24. The second-order valence-electron chi connectivity index (χ2n) is 11.7. The molecule has 0 N–H and O–H groups in total. The molecule has 46 heavy (non-hydrogen) atoms. The van der Waals surface area contributed by atoms with E-state index in [1.165, 1.54) is 38.9 Å². The molecule has 0 saturated carbocycles. The first-order valence-electron chi connectivity index (χ1n) is 16.6. The molecule has 0 aliphatic heterocycles. The van der Waals surface area contributed by atoms with Crippen molar-refractivity contribution < 1.29 is 23.7 Å². The summed E-state index contributed by atoms with van der Waals surface area (Å²) in [6.45, 7) is 9.78. The van der Waals surface area contributed by atoms with Crippen LogP contribution in [0.1, 0.15) is 90.6 Å². The van der Waals surface area contributed by atoms with Gasteiger partial charge in [-0.15, -0.1) is 0 Å². The number of hydrogen-bond acceptors (Lipinski definition) is 5. The van der Waals surface area contributed by atoms with Crippen molar-refractivity contribution in [1.29, 1.82) is 0 Å². The first-order valence-corrected chi connectivity index (χ1v) is 16.6. The van der Waals surface area contributed by atoms with Crippen LogP contribution >= 0.6 is 0 Å². The van der Waals surface area contributed by atoms with Crippen LogP contribution < -0.4 is 4.74 Å². The van der Waals surface area contributed by atoms with E-state index in [0.717, 1.165) is 24.2 Å². The molecule has 0 bridgehead atoms. The van der Waals surface area contributed by atoms with Crippen molar-refractivity contribution in [3.05, 3.63) is 136 Å². The fourth-order valence-corrected chi connectivity index (χ4v) is 6.06. The largest absolute Gasteiger partial charge is 0.491 e. The summed E-state index contributed by atoms with van der Waals surface area (Å²) >= 11 is 0. The van der Waals surface area contributed by atoms with Gasteiger partial charge in [0.05, 0.1) is 13.2 Å². The van der Waals surface area contributed by atoms with Gasteiger partial charge in [-0.1, -0.05) is 111 Å². The molecule has 5 heteroatoms. The molecular formula is C41H46O5. The predicted octanol–water partition coefficient (Wildman–Crippen LogP) is 8.97. The topological polar surface area (TPSA) is 54.0 Å². The lowest BCUT2D eigenvalue weighted by Gasteiger charge is -2.23. The normalized spacial score (nSPS) is 14.9. The van der Waals surface area contributed by atoms with E-state index in [-0.39, 0.29) is 18.0 Å². The van der Waals surface area contributed by atoms with Crippen molar-refractivity contribution in [3.8, 4) is 5.75 Å². The van der Waals surface area contributed by atoms with Gasteiger partial charge in [0, 0.05) is 18.9 Å². The Hall–Kier alpha value is -4.19. The molecule has 5 nitrogen and oxygen atoms in total. The molecule has 4 aromatic rings. The van der Waals surface area contributed by atoms with Gasteiger partial charge in [0.1, 0.15) is 18.5 Å². The van der Waals surface area contributed by atoms with Gasteiger partial charge in [-0.3, -0.25) is 0 Å². The van der Waals surface area contributed by atoms with E-state index in [9.17, 15) is 4.79 Å². The molecule has 3 unspecified atom stereocenters. The highest BCUT2D eigenvalue weighted by Crippen LogP contribution is 2.38. The zero-order chi connectivity index (χ0) is 32.3. The molecular weight excluding hydrogens is 572 g/mol. The van der Waals surface area contributed by atoms with Crippen LogP contribution in [0.15, 0.2) is 91.0 Å². The second-order valence-corrected chi connectivity index (χ2v) is 11.7. The zero-order valence-corrected chi connectivity index (χ0v) is 27.5. The van der Waals surface area contributed by atoms with Crippen molar-refractivity contribution in [2.24, 2.45) is 0 Å². The summed E-state index contributed by atoms with van der Waals surface area (Å²) in [6, 6.07) is 32.0. The van der Waals surface area contributed by atoms with Crippen LogP contribution in [0.3, 0.4) is 0 Å². The monoisotopic (exact) mass is 618 g/mol. The van der Waals surface area contributed by atoms with Crippen LogP contribution in [-0.4, -0.2) is 38.5 Å². The smallest absolute Gasteiger partial charge is 0.335 e. The average Bonchev–Trinajstić information content (AvgIpc) is 3.23. The Morgan fingerprint density at radius 2 is 1.50 bits per heavy atom. The third kappa shape index (κ3) is 8.34. The van der Waals surface area contributed by atoms with E-state index < -0.39 is 6.10 Å². The van der Waals surface area contributed by atoms with Gasteiger partial charge in [-0.25, -0.2) is 4.79 Å². The molecule has 0 spiro atoms. The lowest BCUT2D eigenvalue weighted by Crippen LogP contribution is -2.28. The molecule has 0 aromatic heterocycles. The standard InChI is InChI=1S/C41H46O5/c1-5-11-30-14-17-33-18-19-35-28-34(29(4)32-12-9-8-10-13-32)20-23-37(35)40(38(33)26-30)46-25-24-45-36-21-15-31(16-22-36)27-39(43-6-2)41(42)44-7-3/h8-10,12-23,26,28-29,39-40H,5-7,11,24-25,27H2,1-4H3. The van der Waals surface area contributed by atoms with Crippen LogP contribution in [-0.2, 0) is 31.8 Å². The fourth-order valence-electron chi connectivity index (χ4n) is 6.06. The highest BCUT2D eigenvalue weighted by molar-refractivity contribution is 5.77. The van der Waals surface area contributed by atoms with Crippen LogP contribution in [0.5, 0.6) is 5.75 Å². The van der Waals surface area contributed by atoms with E-state index in [2.05, 4.69) is 92.7 Å². The van der Waals surface area contributed by atoms with Gasteiger partial charge in [-0.05, 0) is 76.9 Å². The molecule has 0 heterocycles. The summed E-state index contributed by atoms with van der Waals surface area (Å²) in [5.74, 6) is 0.711. The third-order valence-corrected chi connectivity index (χ3v) is 8.51. The number of ether oxygens (including phenoxy) is 4. The van der Waals surface area contributed by atoms with Crippen molar-refractivity contribution in [1.82, 2.24) is 0 Å². The minimum absolute atomic E-state index is 0.206. The van der Waals surface area contributed by atoms with Crippen LogP contribution in [0.4, 0.5) is 0 Å². The number of aryl methyl sites for hydroxylation is 1. The van der Waals surface area contributed by atoms with Crippen LogP contribution in [0.2, 0.25) is 0 Å². The van der Waals surface area contributed by atoms with Crippen molar-refractivity contribution in [3.63, 3.8) is 0 Å². The summed E-state index contributed by atoms with van der Waals surface area (Å²) < 4.78 is 23.6. The van der Waals surface area contributed by atoms with E-state index in [1.54, 1.807) is 6.92 Å². The maximum atomic E-state index is 12.3. The fraction of sp³-hybridized carbons (Fsp3) is 0.341. The zero-order valence-electron chi connectivity index (χ0n) is 27.5. The van der Waals surface area contributed by atoms with Gasteiger partial charge in [0.2, 0.25) is 0 Å². The Kier molecular flexibility index (Phi) is 11.8. The molecule has 1 aliphatic carbocycles. The van der Waals surface area contributed by atoms with E-state index >= 15 is 0 Å². The first-order chi connectivity index (χ1) is 22.5. The minimum Gasteiger partial charge on any atom is -0.491 e. The molecule has 240 valence electrons. The minimum atomic E-state index is -0.611. The predicted molar refractivity (Wildman–Crippen MR) is 185 cm³/mol. The lowest BCUT2D eigenvalue weighted by atomic mass is 9.88. The highest BCUT2D eigenvalue weighted by atomic mass is 16.6. The van der Waals surface area contributed by atoms with Crippen molar-refractivity contribution >= 4 is 18.1 Å². The van der Waals surface area contributed by atoms with E-state index in [4.69, 9.17) is 18.9 Å². The molecule has 0 fully saturated rings. The van der Waals surface area contributed by atoms with Crippen molar-refractivity contribution in [2.75, 3.05) is 26.4 Å². The van der Waals surface area contributed by atoms with Gasteiger partial charge in [0.25, 0.3) is 0 Å². The number of esters is 1. The van der Waals surface area contributed by atoms with Crippen LogP contribution in [0.25, 0.3) is 12.2 Å². The molecule has 0 saturated heterocycles. The number of rotatable bonds is 15. The number of hydrogen-bond donors (Lipinski definition) is 0. The quantitative estimate of drug-likeness (QED) is 0.0983. The Morgan fingerprint density at radius 1 is 0.739 bits per heavy atom. The van der Waals surface area contributed by atoms with Crippen molar-refractivity contribution in [2.45, 2.75) is 65.1 Å². The van der Waals surface area contributed by atoms with Gasteiger partial charge in [0.15, 0.2) is 6.10 Å². The molecule has 3 atom stereocenters. The summed E-state index contributed by atoms with van der Waals surface area (Å²) in [5.41, 5.74) is 9.63. The number of benzene rings is 4. The SMILES string of the molecule is CCCc1ccc2c(c1)C(OCCOc1ccc(CC(OCC)C(=O)OCC)cc1)c1ccc(C(C)c3ccccc3)cc1C=C2. The number of fused-ring (bicyclic) bond motifs is 2. The second kappa shape index (κ2) is 16.4. The Balaban J connectivity index is 1.29. The molecule has 4 aromatic carbocycles. The van der Waals surface area contributed by atoms with Gasteiger partial charge in [-0.2, -0.15) is 0 Å². The first kappa shape index (κ1) is 33.2. The molecule has 0 radical (unpaired) electrons. The maximum Gasteiger partial charge on any atom is 0.335 e. The van der Waals surface area contributed by atoms with Gasteiger partial charge >= 0.3 is 5.97 Å². The maximum absolute atomic E-state index is 12.3. The number of carbonyl (C=O) groups excluding carboxylic acids is 1. The third-order valence-electron chi connectivity index (χ3n) is 8.51. The van der Waals surface area contributed by atoms with Gasteiger partial charge < -0.3 is 18.9 Å². The summed E-state index contributed by atoms with van der Waals surface area (Å²) in [6.07, 6.45) is 6.22. The Labute approximate surface area is 274 Å². The molecule has 5 rings (SSSR count). The van der Waals surface area contributed by atoms with E-state index in [0.29, 0.717) is 32.8 Å². The summed E-state index contributed by atoms with van der Waals surface area (Å²) in [5, 5.41) is 0. The lowest BCUT2D eigenvalue weighted by molar-refractivity contribution is -0.156. The molecule has 0 amide bonds.